The van der Waals surface area contributed by atoms with Crippen LogP contribution in [0.4, 0.5) is 10.2 Å². The first-order valence-corrected chi connectivity index (χ1v) is 9.16. The van der Waals surface area contributed by atoms with Gasteiger partial charge in [0.25, 0.3) is 0 Å². The molecule has 1 aromatic carbocycles. The number of nitrogens with zero attached hydrogens (tertiary/aromatic N) is 3. The second-order valence-electron chi connectivity index (χ2n) is 5.77. The minimum Gasteiger partial charge on any atom is -0.459 e. The first-order valence-electron chi connectivity index (χ1n) is 8.11. The summed E-state index contributed by atoms with van der Waals surface area (Å²) in [5, 5.41) is -0.368. The molecule has 27 heavy (non-hydrogen) atoms. The van der Waals surface area contributed by atoms with Crippen molar-refractivity contribution in [2.24, 2.45) is 0 Å². The van der Waals surface area contributed by atoms with Crippen LogP contribution in [-0.2, 0) is 16.1 Å². The first kappa shape index (κ1) is 18.9. The van der Waals surface area contributed by atoms with E-state index in [4.69, 9.17) is 10.5 Å². The van der Waals surface area contributed by atoms with Crippen molar-refractivity contribution in [3.8, 4) is 0 Å². The second-order valence-corrected chi connectivity index (χ2v) is 6.93. The van der Waals surface area contributed by atoms with Gasteiger partial charge < -0.3 is 15.4 Å². The highest BCUT2D eigenvalue weighted by Gasteiger charge is 2.32. The number of halogens is 1. The smallest absolute Gasteiger partial charge is 0.349 e. The Bertz CT molecular complexity index is 906. The number of carbonyl (C=O) groups excluding carboxylic acids is 2. The predicted octanol–water partition coefficient (Wildman–Crippen LogP) is 0.723. The number of thioether (sulfide) groups is 1. The quantitative estimate of drug-likeness (QED) is 0.722. The number of anilines is 1. The standard InChI is InChI=1S/C17H17FN4O4S/c18-12-8-21(17(25)20-15(12)19)6-7-22-13(23)10-27-14(22)9-26-16(24)11-4-2-1-3-5-11/h1-5,8,14H,6-7,9-10H2,(H2,19,20,25)/t14-/m1/s1. The minimum absolute atomic E-state index is 0.0212. The molecule has 3 rings (SSSR count). The van der Waals surface area contributed by atoms with Gasteiger partial charge in [0.15, 0.2) is 11.6 Å². The van der Waals surface area contributed by atoms with Crippen LogP contribution >= 0.6 is 11.8 Å². The van der Waals surface area contributed by atoms with Crippen molar-refractivity contribution in [2.45, 2.75) is 11.9 Å². The van der Waals surface area contributed by atoms with Crippen LogP contribution < -0.4 is 11.4 Å². The normalized spacial score (nSPS) is 16.6. The topological polar surface area (TPSA) is 108 Å². The SMILES string of the molecule is Nc1nc(=O)n(CCN2C(=O)CS[C@@H]2COC(=O)c2ccccc2)cc1F. The number of aromatic nitrogens is 2. The van der Waals surface area contributed by atoms with Gasteiger partial charge in [0.1, 0.15) is 12.0 Å². The Morgan fingerprint density at radius 2 is 2.04 bits per heavy atom. The third kappa shape index (κ3) is 4.45. The summed E-state index contributed by atoms with van der Waals surface area (Å²) in [4.78, 5) is 40.8. The second kappa shape index (κ2) is 8.21. The van der Waals surface area contributed by atoms with Crippen LogP contribution in [0.25, 0.3) is 0 Å². The fourth-order valence-corrected chi connectivity index (χ4v) is 3.63. The monoisotopic (exact) mass is 392 g/mol. The number of rotatable bonds is 6. The lowest BCUT2D eigenvalue weighted by Crippen LogP contribution is -2.39. The zero-order valence-corrected chi connectivity index (χ0v) is 15.0. The number of hydrogen-bond donors (Lipinski definition) is 1. The molecule has 2 heterocycles. The Hall–Kier alpha value is -2.88. The van der Waals surface area contributed by atoms with Crippen molar-refractivity contribution in [3.05, 3.63) is 58.4 Å². The van der Waals surface area contributed by atoms with Crippen molar-refractivity contribution in [1.29, 1.82) is 0 Å². The summed E-state index contributed by atoms with van der Waals surface area (Å²) < 4.78 is 19.8. The molecule has 0 saturated carbocycles. The van der Waals surface area contributed by atoms with E-state index in [1.807, 2.05) is 0 Å². The molecule has 1 aromatic heterocycles. The molecule has 1 fully saturated rings. The van der Waals surface area contributed by atoms with E-state index in [0.29, 0.717) is 5.56 Å². The largest absolute Gasteiger partial charge is 0.459 e. The summed E-state index contributed by atoms with van der Waals surface area (Å²) in [6.07, 6.45) is 0.961. The predicted molar refractivity (Wildman–Crippen MR) is 97.6 cm³/mol. The molecule has 10 heteroatoms. The Morgan fingerprint density at radius 3 is 2.78 bits per heavy atom. The lowest BCUT2D eigenvalue weighted by atomic mass is 10.2. The van der Waals surface area contributed by atoms with Crippen molar-refractivity contribution < 1.29 is 18.7 Å². The Balaban J connectivity index is 1.60. The summed E-state index contributed by atoms with van der Waals surface area (Å²) in [5.74, 6) is -1.63. The molecule has 2 aromatic rings. The van der Waals surface area contributed by atoms with Crippen LogP contribution in [0.1, 0.15) is 10.4 Å². The van der Waals surface area contributed by atoms with Gasteiger partial charge in [-0.05, 0) is 12.1 Å². The van der Waals surface area contributed by atoms with E-state index in [1.165, 1.54) is 16.7 Å². The van der Waals surface area contributed by atoms with Gasteiger partial charge in [0.2, 0.25) is 5.91 Å². The number of nitrogens with two attached hydrogens (primary N) is 1. The molecule has 1 atom stereocenters. The maximum atomic E-state index is 13.5. The van der Waals surface area contributed by atoms with Crippen LogP contribution in [0.3, 0.4) is 0 Å². The van der Waals surface area contributed by atoms with Crippen molar-refractivity contribution in [3.63, 3.8) is 0 Å². The lowest BCUT2D eigenvalue weighted by molar-refractivity contribution is -0.128. The average molecular weight is 392 g/mol. The first-order chi connectivity index (χ1) is 13.0. The molecule has 0 aliphatic carbocycles. The van der Waals surface area contributed by atoms with Gasteiger partial charge in [0.05, 0.1) is 11.3 Å². The molecular formula is C17H17FN4O4S. The Morgan fingerprint density at radius 1 is 1.30 bits per heavy atom. The fourth-order valence-electron chi connectivity index (χ4n) is 2.57. The van der Waals surface area contributed by atoms with Crippen molar-refractivity contribution in [1.82, 2.24) is 14.5 Å². The van der Waals surface area contributed by atoms with E-state index >= 15 is 0 Å². The highest BCUT2D eigenvalue weighted by atomic mass is 32.2. The van der Waals surface area contributed by atoms with Gasteiger partial charge >= 0.3 is 11.7 Å². The number of amides is 1. The van der Waals surface area contributed by atoms with Crippen LogP contribution in [0.2, 0.25) is 0 Å². The van der Waals surface area contributed by atoms with E-state index in [2.05, 4.69) is 4.98 Å². The maximum absolute atomic E-state index is 13.5. The van der Waals surface area contributed by atoms with Crippen molar-refractivity contribution in [2.75, 3.05) is 24.6 Å². The molecule has 1 aliphatic rings. The molecule has 2 N–H and O–H groups in total. The van der Waals surface area contributed by atoms with E-state index in [9.17, 15) is 18.8 Å². The molecule has 0 unspecified atom stereocenters. The number of carbonyl (C=O) groups is 2. The number of hydrogen-bond acceptors (Lipinski definition) is 7. The number of benzene rings is 1. The number of ether oxygens (including phenoxy) is 1. The fraction of sp³-hybridized carbons (Fsp3) is 0.294. The van der Waals surface area contributed by atoms with E-state index < -0.39 is 23.3 Å². The van der Waals surface area contributed by atoms with Gasteiger partial charge in [-0.3, -0.25) is 9.36 Å². The van der Waals surface area contributed by atoms with E-state index in [-0.39, 0.29) is 36.7 Å². The average Bonchev–Trinajstić information content (AvgIpc) is 3.02. The highest BCUT2D eigenvalue weighted by molar-refractivity contribution is 8.01. The molecule has 8 nitrogen and oxygen atoms in total. The van der Waals surface area contributed by atoms with E-state index in [0.717, 1.165) is 10.8 Å². The Kier molecular flexibility index (Phi) is 5.75. The van der Waals surface area contributed by atoms with Crippen molar-refractivity contribution >= 4 is 29.5 Å². The molecule has 0 radical (unpaired) electrons. The van der Waals surface area contributed by atoms with Gasteiger partial charge in [-0.25, -0.2) is 14.0 Å². The molecular weight excluding hydrogens is 375 g/mol. The van der Waals surface area contributed by atoms with E-state index in [1.54, 1.807) is 30.3 Å². The molecule has 142 valence electrons. The molecule has 1 aliphatic heterocycles. The maximum Gasteiger partial charge on any atom is 0.349 e. The summed E-state index contributed by atoms with van der Waals surface area (Å²) in [7, 11) is 0. The summed E-state index contributed by atoms with van der Waals surface area (Å²) in [6.45, 7) is 0.232. The third-order valence-corrected chi connectivity index (χ3v) is 5.18. The van der Waals surface area contributed by atoms with Crippen LogP contribution in [0, 0.1) is 5.82 Å². The summed E-state index contributed by atoms with van der Waals surface area (Å²) in [5.41, 5.74) is 4.98. The summed E-state index contributed by atoms with van der Waals surface area (Å²) in [6, 6.07) is 8.54. The molecule has 0 spiro atoms. The van der Waals surface area contributed by atoms with Gasteiger partial charge in [-0.2, -0.15) is 4.98 Å². The highest BCUT2D eigenvalue weighted by Crippen LogP contribution is 2.25. The number of nitrogen functional groups attached to an aromatic ring is 1. The Labute approximate surface area is 158 Å². The third-order valence-electron chi connectivity index (χ3n) is 3.99. The van der Waals surface area contributed by atoms with Crippen LogP contribution in [0.15, 0.2) is 41.3 Å². The zero-order valence-electron chi connectivity index (χ0n) is 14.2. The number of esters is 1. The van der Waals surface area contributed by atoms with Gasteiger partial charge in [0, 0.05) is 19.3 Å². The van der Waals surface area contributed by atoms with Crippen LogP contribution in [0.5, 0.6) is 0 Å². The zero-order chi connectivity index (χ0) is 19.4. The minimum atomic E-state index is -0.801. The van der Waals surface area contributed by atoms with Crippen LogP contribution in [-0.4, -0.2) is 50.6 Å². The summed E-state index contributed by atoms with van der Waals surface area (Å²) >= 11 is 1.34. The molecule has 1 saturated heterocycles. The molecule has 1 amide bonds. The van der Waals surface area contributed by atoms with Gasteiger partial charge in [-0.1, -0.05) is 18.2 Å². The lowest BCUT2D eigenvalue weighted by Gasteiger charge is -2.23. The molecule has 0 bridgehead atoms. The van der Waals surface area contributed by atoms with Gasteiger partial charge in [-0.15, -0.1) is 11.8 Å².